The Morgan fingerprint density at radius 3 is 2.93 bits per heavy atom. The molecule has 5 nitrogen and oxygen atoms in total. The lowest BCUT2D eigenvalue weighted by Crippen LogP contribution is -2.42. The van der Waals surface area contributed by atoms with Gasteiger partial charge in [0.2, 0.25) is 12.3 Å². The number of hydrogen-bond acceptors (Lipinski definition) is 3. The molecule has 0 radical (unpaired) electrons. The van der Waals surface area contributed by atoms with Crippen molar-refractivity contribution in [1.82, 2.24) is 15.5 Å². The second-order valence-electron chi connectivity index (χ2n) is 4.01. The van der Waals surface area contributed by atoms with Crippen LogP contribution in [-0.4, -0.2) is 49.9 Å². The van der Waals surface area contributed by atoms with E-state index in [-0.39, 0.29) is 11.9 Å². The van der Waals surface area contributed by atoms with Crippen molar-refractivity contribution in [3.8, 4) is 0 Å². The maximum absolute atomic E-state index is 11.4. The van der Waals surface area contributed by atoms with E-state index in [0.717, 1.165) is 25.9 Å². The Bertz CT molecular complexity index is 233. The number of likely N-dealkylation sites (N-methyl/N-ethyl adjacent to an activating group) is 1. The molecule has 15 heavy (non-hydrogen) atoms. The number of nitrogens with one attached hydrogen (secondary N) is 2. The molecule has 2 amide bonds. The molecule has 0 aromatic rings. The molecule has 0 aromatic heterocycles. The van der Waals surface area contributed by atoms with E-state index in [1.54, 1.807) is 11.9 Å². The molecule has 1 fully saturated rings. The highest BCUT2D eigenvalue weighted by atomic mass is 16.2. The predicted octanol–water partition coefficient (Wildman–Crippen LogP) is -0.811. The van der Waals surface area contributed by atoms with Crippen LogP contribution in [0.4, 0.5) is 0 Å². The van der Waals surface area contributed by atoms with Gasteiger partial charge in [-0.3, -0.25) is 9.59 Å². The molecule has 2 atom stereocenters. The minimum Gasteiger partial charge on any atom is -0.354 e. The Morgan fingerprint density at radius 1 is 1.67 bits per heavy atom. The lowest BCUT2D eigenvalue weighted by Gasteiger charge is -2.14. The molecule has 1 aliphatic heterocycles. The molecule has 0 bridgehead atoms. The zero-order chi connectivity index (χ0) is 11.3. The summed E-state index contributed by atoms with van der Waals surface area (Å²) in [5.74, 6) is 0.422. The molecule has 2 unspecified atom stereocenters. The molecule has 1 aliphatic rings. The van der Waals surface area contributed by atoms with Crippen molar-refractivity contribution in [1.29, 1.82) is 0 Å². The summed E-state index contributed by atoms with van der Waals surface area (Å²) in [6, 6.07) is -0.159. The largest absolute Gasteiger partial charge is 0.354 e. The van der Waals surface area contributed by atoms with Gasteiger partial charge in [-0.2, -0.15) is 0 Å². The highest BCUT2D eigenvalue weighted by molar-refractivity contribution is 5.81. The van der Waals surface area contributed by atoms with E-state index >= 15 is 0 Å². The van der Waals surface area contributed by atoms with Crippen molar-refractivity contribution in [3.63, 3.8) is 0 Å². The molecule has 0 aliphatic carbocycles. The number of amides is 2. The fourth-order valence-corrected chi connectivity index (χ4v) is 1.65. The van der Waals surface area contributed by atoms with Crippen LogP contribution in [0.3, 0.4) is 0 Å². The van der Waals surface area contributed by atoms with Crippen molar-refractivity contribution in [2.24, 2.45) is 5.92 Å². The molecule has 86 valence electrons. The molecule has 1 rings (SSSR count). The van der Waals surface area contributed by atoms with Crippen molar-refractivity contribution in [2.45, 2.75) is 19.4 Å². The second kappa shape index (κ2) is 5.70. The summed E-state index contributed by atoms with van der Waals surface area (Å²) in [6.07, 6.45) is 1.85. The Morgan fingerprint density at radius 2 is 2.40 bits per heavy atom. The lowest BCUT2D eigenvalue weighted by molar-refractivity contribution is -0.122. The molecule has 2 N–H and O–H groups in total. The van der Waals surface area contributed by atoms with Crippen LogP contribution in [0.25, 0.3) is 0 Å². The predicted molar refractivity (Wildman–Crippen MR) is 57.3 cm³/mol. The van der Waals surface area contributed by atoms with E-state index in [9.17, 15) is 9.59 Å². The van der Waals surface area contributed by atoms with Crippen molar-refractivity contribution in [2.75, 3.05) is 26.7 Å². The number of carbonyl (C=O) groups is 2. The van der Waals surface area contributed by atoms with Gasteiger partial charge in [0.05, 0.1) is 6.04 Å². The third kappa shape index (κ3) is 3.51. The monoisotopic (exact) mass is 213 g/mol. The Kier molecular flexibility index (Phi) is 4.55. The average molecular weight is 213 g/mol. The van der Waals surface area contributed by atoms with E-state index in [1.165, 1.54) is 0 Å². The van der Waals surface area contributed by atoms with Gasteiger partial charge in [0.15, 0.2) is 0 Å². The lowest BCUT2D eigenvalue weighted by atomic mass is 10.1. The molecule has 0 aromatic carbocycles. The number of hydrogen-bond donors (Lipinski definition) is 2. The summed E-state index contributed by atoms with van der Waals surface area (Å²) in [5, 5.41) is 5.76. The summed E-state index contributed by atoms with van der Waals surface area (Å²) < 4.78 is 0. The summed E-state index contributed by atoms with van der Waals surface area (Å²) in [5.41, 5.74) is 0. The highest BCUT2D eigenvalue weighted by Crippen LogP contribution is 2.13. The smallest absolute Gasteiger partial charge is 0.236 e. The zero-order valence-electron chi connectivity index (χ0n) is 9.32. The van der Waals surface area contributed by atoms with Crippen LogP contribution in [0, 0.1) is 5.92 Å². The van der Waals surface area contributed by atoms with Crippen LogP contribution >= 0.6 is 0 Å². The SMILES string of the molecule is CNC(C)C(=O)NCC1CCN(C=O)C1. The van der Waals surface area contributed by atoms with Crippen molar-refractivity contribution in [3.05, 3.63) is 0 Å². The molecule has 5 heteroatoms. The first kappa shape index (κ1) is 12.0. The van der Waals surface area contributed by atoms with Crippen molar-refractivity contribution >= 4 is 12.3 Å². The van der Waals surface area contributed by atoms with Gasteiger partial charge in [-0.15, -0.1) is 0 Å². The maximum Gasteiger partial charge on any atom is 0.236 e. The van der Waals surface area contributed by atoms with Gasteiger partial charge >= 0.3 is 0 Å². The summed E-state index contributed by atoms with van der Waals surface area (Å²) in [6.45, 7) is 4.06. The van der Waals surface area contributed by atoms with Crippen molar-refractivity contribution < 1.29 is 9.59 Å². The zero-order valence-corrected chi connectivity index (χ0v) is 9.32. The van der Waals surface area contributed by atoms with Gasteiger partial charge in [0.1, 0.15) is 0 Å². The number of carbonyl (C=O) groups excluding carboxylic acids is 2. The molecule has 1 heterocycles. The van der Waals surface area contributed by atoms with E-state index in [2.05, 4.69) is 10.6 Å². The fraction of sp³-hybridized carbons (Fsp3) is 0.800. The summed E-state index contributed by atoms with van der Waals surface area (Å²) in [7, 11) is 1.76. The van der Waals surface area contributed by atoms with Gasteiger partial charge < -0.3 is 15.5 Å². The first-order valence-electron chi connectivity index (χ1n) is 5.31. The van der Waals surface area contributed by atoms with Gasteiger partial charge in [-0.25, -0.2) is 0 Å². The fourth-order valence-electron chi connectivity index (χ4n) is 1.65. The summed E-state index contributed by atoms with van der Waals surface area (Å²) >= 11 is 0. The Balaban J connectivity index is 2.21. The van der Waals surface area contributed by atoms with Crippen LogP contribution in [0.5, 0.6) is 0 Å². The molecular weight excluding hydrogens is 194 g/mol. The average Bonchev–Trinajstić information content (AvgIpc) is 2.72. The van der Waals surface area contributed by atoms with Gasteiger partial charge in [-0.05, 0) is 26.3 Å². The quantitative estimate of drug-likeness (QED) is 0.587. The third-order valence-corrected chi connectivity index (χ3v) is 2.86. The minimum atomic E-state index is -0.159. The third-order valence-electron chi connectivity index (χ3n) is 2.86. The van der Waals surface area contributed by atoms with Crippen LogP contribution in [0.1, 0.15) is 13.3 Å². The number of rotatable bonds is 5. The standard InChI is InChI=1S/C10H19N3O2/c1-8(11-2)10(15)12-5-9-3-4-13(6-9)7-14/h7-9,11H,3-6H2,1-2H3,(H,12,15). The van der Waals surface area contributed by atoms with Crippen LogP contribution in [-0.2, 0) is 9.59 Å². The normalized spacial score (nSPS) is 22.5. The van der Waals surface area contributed by atoms with E-state index in [0.29, 0.717) is 12.5 Å². The molecule has 0 saturated carbocycles. The van der Waals surface area contributed by atoms with Crippen LogP contribution < -0.4 is 10.6 Å². The molecule has 1 saturated heterocycles. The van der Waals surface area contributed by atoms with Crippen LogP contribution in [0.2, 0.25) is 0 Å². The second-order valence-corrected chi connectivity index (χ2v) is 4.01. The Labute approximate surface area is 90.2 Å². The van der Waals surface area contributed by atoms with Gasteiger partial charge in [0, 0.05) is 19.6 Å². The highest BCUT2D eigenvalue weighted by Gasteiger charge is 2.22. The molecule has 0 spiro atoms. The number of likely N-dealkylation sites (tertiary alicyclic amines) is 1. The topological polar surface area (TPSA) is 61.4 Å². The molecular formula is C10H19N3O2. The maximum atomic E-state index is 11.4. The first-order chi connectivity index (χ1) is 7.17. The van der Waals surface area contributed by atoms with E-state index in [4.69, 9.17) is 0 Å². The van der Waals surface area contributed by atoms with Gasteiger partial charge in [0.25, 0.3) is 0 Å². The van der Waals surface area contributed by atoms with E-state index < -0.39 is 0 Å². The van der Waals surface area contributed by atoms with E-state index in [1.807, 2.05) is 6.92 Å². The minimum absolute atomic E-state index is 0.0158. The number of nitrogens with zero attached hydrogens (tertiary/aromatic N) is 1. The van der Waals surface area contributed by atoms with Crippen LogP contribution in [0.15, 0.2) is 0 Å². The first-order valence-corrected chi connectivity index (χ1v) is 5.31. The Hall–Kier alpha value is -1.10. The van der Waals surface area contributed by atoms with Gasteiger partial charge in [-0.1, -0.05) is 0 Å². The summed E-state index contributed by atoms with van der Waals surface area (Å²) in [4.78, 5) is 23.6.